The minimum Gasteiger partial charge on any atom is -0.484 e. The highest BCUT2D eigenvalue weighted by molar-refractivity contribution is 7.10. The number of benzene rings is 1. The Bertz CT molecular complexity index is 706. The quantitative estimate of drug-likeness (QED) is 0.752. The number of carbonyl (C=O) groups excluding carboxylic acids is 1. The Kier molecular flexibility index (Phi) is 6.87. The van der Waals surface area contributed by atoms with Crippen molar-refractivity contribution in [2.75, 3.05) is 32.6 Å². The van der Waals surface area contributed by atoms with Crippen molar-refractivity contribution in [3.63, 3.8) is 0 Å². The SMILES string of the molecule is CN(C)C(CNC(=O)Nc1cccc(OCC(F)(F)F)c1)c1cccs1. The molecule has 0 saturated carbocycles. The summed E-state index contributed by atoms with van der Waals surface area (Å²) in [5.41, 5.74) is 0.347. The number of halogens is 3. The van der Waals surface area contributed by atoms with Gasteiger partial charge in [-0.1, -0.05) is 12.1 Å². The molecule has 2 N–H and O–H groups in total. The molecule has 0 saturated heterocycles. The lowest BCUT2D eigenvalue weighted by Crippen LogP contribution is -2.36. The number of rotatable bonds is 7. The van der Waals surface area contributed by atoms with Gasteiger partial charge in [0, 0.05) is 23.2 Å². The fraction of sp³-hybridized carbons (Fsp3) is 0.353. The lowest BCUT2D eigenvalue weighted by atomic mass is 10.2. The van der Waals surface area contributed by atoms with Crippen molar-refractivity contribution in [3.8, 4) is 5.75 Å². The minimum atomic E-state index is -4.41. The van der Waals surface area contributed by atoms with Crippen LogP contribution in [0.3, 0.4) is 0 Å². The van der Waals surface area contributed by atoms with Gasteiger partial charge in [-0.05, 0) is 37.7 Å². The van der Waals surface area contributed by atoms with Gasteiger partial charge in [-0.3, -0.25) is 0 Å². The number of nitrogens with zero attached hydrogens (tertiary/aromatic N) is 1. The first-order valence-corrected chi connectivity index (χ1v) is 8.67. The number of anilines is 1. The van der Waals surface area contributed by atoms with Gasteiger partial charge >= 0.3 is 12.2 Å². The van der Waals surface area contributed by atoms with Gasteiger partial charge in [0.2, 0.25) is 0 Å². The Labute approximate surface area is 153 Å². The van der Waals surface area contributed by atoms with Crippen molar-refractivity contribution in [1.29, 1.82) is 0 Å². The van der Waals surface area contributed by atoms with E-state index in [0.717, 1.165) is 4.88 Å². The molecule has 0 radical (unpaired) electrons. The second-order valence-corrected chi connectivity index (χ2v) is 6.74. The number of thiophene rings is 1. The molecular formula is C17H20F3N3O2S. The summed E-state index contributed by atoms with van der Waals surface area (Å²) < 4.78 is 41.3. The van der Waals surface area contributed by atoms with Crippen LogP contribution in [0.25, 0.3) is 0 Å². The Morgan fingerprint density at radius 2 is 2.04 bits per heavy atom. The summed E-state index contributed by atoms with van der Waals surface area (Å²) >= 11 is 1.60. The summed E-state index contributed by atoms with van der Waals surface area (Å²) in [6.07, 6.45) is -4.41. The van der Waals surface area contributed by atoms with E-state index in [2.05, 4.69) is 15.4 Å². The third-order valence-corrected chi connectivity index (χ3v) is 4.42. The first-order chi connectivity index (χ1) is 12.2. The number of urea groups is 1. The van der Waals surface area contributed by atoms with Gasteiger partial charge in [0.05, 0.1) is 6.04 Å². The number of ether oxygens (including phenoxy) is 1. The first-order valence-electron chi connectivity index (χ1n) is 7.79. The molecule has 2 aromatic rings. The molecule has 0 spiro atoms. The van der Waals surface area contributed by atoms with Crippen LogP contribution in [0.15, 0.2) is 41.8 Å². The van der Waals surface area contributed by atoms with Gasteiger partial charge in [-0.15, -0.1) is 11.3 Å². The van der Waals surface area contributed by atoms with Crippen LogP contribution in [0.2, 0.25) is 0 Å². The fourth-order valence-electron chi connectivity index (χ4n) is 2.21. The molecular weight excluding hydrogens is 367 g/mol. The smallest absolute Gasteiger partial charge is 0.422 e. The van der Waals surface area contributed by atoms with Crippen molar-refractivity contribution in [3.05, 3.63) is 46.7 Å². The van der Waals surface area contributed by atoms with Crippen molar-refractivity contribution < 1.29 is 22.7 Å². The highest BCUT2D eigenvalue weighted by atomic mass is 32.1. The Morgan fingerprint density at radius 1 is 1.27 bits per heavy atom. The second kappa shape index (κ2) is 8.91. The molecule has 142 valence electrons. The molecule has 26 heavy (non-hydrogen) atoms. The third-order valence-electron chi connectivity index (χ3n) is 3.45. The van der Waals surface area contributed by atoms with Gasteiger partial charge in [0.1, 0.15) is 5.75 Å². The zero-order valence-electron chi connectivity index (χ0n) is 14.3. The standard InChI is InChI=1S/C17H20F3N3O2S/c1-23(2)14(15-7-4-8-26-15)10-21-16(24)22-12-5-3-6-13(9-12)25-11-17(18,19)20/h3-9,14H,10-11H2,1-2H3,(H2,21,22,24). The van der Waals surface area contributed by atoms with Crippen LogP contribution in [-0.4, -0.2) is 44.4 Å². The molecule has 2 amide bonds. The number of likely N-dealkylation sites (N-methyl/N-ethyl adjacent to an activating group) is 1. The molecule has 5 nitrogen and oxygen atoms in total. The normalized spacial score (nSPS) is 12.7. The zero-order chi connectivity index (χ0) is 19.2. The Balaban J connectivity index is 1.89. The van der Waals surface area contributed by atoms with Gasteiger partial charge < -0.3 is 20.3 Å². The maximum atomic E-state index is 12.2. The average Bonchev–Trinajstić information content (AvgIpc) is 3.07. The molecule has 1 heterocycles. The lowest BCUT2D eigenvalue weighted by molar-refractivity contribution is -0.153. The van der Waals surface area contributed by atoms with Gasteiger partial charge in [0.25, 0.3) is 0 Å². The molecule has 9 heteroatoms. The van der Waals surface area contributed by atoms with Crippen LogP contribution >= 0.6 is 11.3 Å². The summed E-state index contributed by atoms with van der Waals surface area (Å²) in [5, 5.41) is 7.33. The monoisotopic (exact) mass is 387 g/mol. The third kappa shape index (κ3) is 6.57. The predicted molar refractivity (Wildman–Crippen MR) is 95.8 cm³/mol. The van der Waals surface area contributed by atoms with Crippen LogP contribution < -0.4 is 15.4 Å². The van der Waals surface area contributed by atoms with E-state index in [0.29, 0.717) is 12.2 Å². The van der Waals surface area contributed by atoms with Crippen molar-refractivity contribution in [2.45, 2.75) is 12.2 Å². The summed E-state index contributed by atoms with van der Waals surface area (Å²) in [5.74, 6) is 0.0323. The molecule has 1 aromatic heterocycles. The van der Waals surface area contributed by atoms with Gasteiger partial charge in [0.15, 0.2) is 6.61 Å². The molecule has 1 unspecified atom stereocenters. The summed E-state index contributed by atoms with van der Waals surface area (Å²) in [6.45, 7) is -0.989. The first kappa shape index (κ1) is 20.1. The number of hydrogen-bond acceptors (Lipinski definition) is 4. The van der Waals surface area contributed by atoms with E-state index in [-0.39, 0.29) is 11.8 Å². The molecule has 0 aliphatic heterocycles. The number of carbonyl (C=O) groups is 1. The van der Waals surface area contributed by atoms with E-state index < -0.39 is 18.8 Å². The van der Waals surface area contributed by atoms with Crippen LogP contribution in [0.5, 0.6) is 5.75 Å². The van der Waals surface area contributed by atoms with E-state index in [1.165, 1.54) is 18.2 Å². The minimum absolute atomic E-state index is 0.0298. The largest absolute Gasteiger partial charge is 0.484 e. The molecule has 0 aliphatic carbocycles. The highest BCUT2D eigenvalue weighted by Crippen LogP contribution is 2.23. The van der Waals surface area contributed by atoms with E-state index in [1.54, 1.807) is 17.4 Å². The fourth-order valence-corrected chi connectivity index (χ4v) is 3.13. The van der Waals surface area contributed by atoms with Crippen LogP contribution in [-0.2, 0) is 0 Å². The summed E-state index contributed by atoms with van der Waals surface area (Å²) in [4.78, 5) is 15.2. The van der Waals surface area contributed by atoms with Crippen molar-refractivity contribution in [2.24, 2.45) is 0 Å². The average molecular weight is 387 g/mol. The summed E-state index contributed by atoms with van der Waals surface area (Å²) in [6, 6.07) is 9.35. The van der Waals surface area contributed by atoms with E-state index in [9.17, 15) is 18.0 Å². The Hall–Kier alpha value is -2.26. The number of alkyl halides is 3. The highest BCUT2D eigenvalue weighted by Gasteiger charge is 2.28. The zero-order valence-corrected chi connectivity index (χ0v) is 15.2. The molecule has 1 atom stereocenters. The molecule has 2 rings (SSSR count). The van der Waals surface area contributed by atoms with Crippen LogP contribution in [0.4, 0.5) is 23.7 Å². The molecule has 0 aliphatic rings. The second-order valence-electron chi connectivity index (χ2n) is 5.76. The lowest BCUT2D eigenvalue weighted by Gasteiger charge is -2.23. The predicted octanol–water partition coefficient (Wildman–Crippen LogP) is 4.11. The maximum Gasteiger partial charge on any atom is 0.422 e. The van der Waals surface area contributed by atoms with Gasteiger partial charge in [-0.25, -0.2) is 4.79 Å². The molecule has 0 bridgehead atoms. The maximum absolute atomic E-state index is 12.2. The van der Waals surface area contributed by atoms with Crippen molar-refractivity contribution in [1.82, 2.24) is 10.2 Å². The summed E-state index contributed by atoms with van der Waals surface area (Å²) in [7, 11) is 3.84. The number of amides is 2. The van der Waals surface area contributed by atoms with E-state index in [4.69, 9.17) is 0 Å². The van der Waals surface area contributed by atoms with Crippen molar-refractivity contribution >= 4 is 23.1 Å². The number of nitrogens with one attached hydrogen (secondary N) is 2. The topological polar surface area (TPSA) is 53.6 Å². The van der Waals surface area contributed by atoms with E-state index >= 15 is 0 Å². The van der Waals surface area contributed by atoms with Crippen LogP contribution in [0.1, 0.15) is 10.9 Å². The van der Waals surface area contributed by atoms with Crippen LogP contribution in [0, 0.1) is 0 Å². The Morgan fingerprint density at radius 3 is 2.65 bits per heavy atom. The molecule has 0 fully saturated rings. The number of hydrogen-bond donors (Lipinski definition) is 2. The molecule has 1 aromatic carbocycles. The van der Waals surface area contributed by atoms with E-state index in [1.807, 2.05) is 36.5 Å². The van der Waals surface area contributed by atoms with Gasteiger partial charge in [-0.2, -0.15) is 13.2 Å².